The van der Waals surface area contributed by atoms with Crippen LogP contribution < -0.4 is 25.8 Å². The Morgan fingerprint density at radius 1 is 1.03 bits per heavy atom. The van der Waals surface area contributed by atoms with E-state index in [4.69, 9.17) is 19.9 Å². The summed E-state index contributed by atoms with van der Waals surface area (Å²) in [5.74, 6) is -1.70. The smallest absolute Gasteiger partial charge is 0.325 e. The molecular formula is C22H25N3O7S. The van der Waals surface area contributed by atoms with E-state index in [0.29, 0.717) is 22.1 Å². The van der Waals surface area contributed by atoms with Gasteiger partial charge in [-0.05, 0) is 43.4 Å². The third-order valence-electron chi connectivity index (χ3n) is 5.04. The molecule has 0 radical (unpaired) electrons. The first-order valence-electron chi connectivity index (χ1n) is 10.2. The Kier molecular flexibility index (Phi) is 7.88. The van der Waals surface area contributed by atoms with E-state index in [9.17, 15) is 19.2 Å². The van der Waals surface area contributed by atoms with Crippen molar-refractivity contribution in [1.82, 2.24) is 5.32 Å². The molecule has 176 valence electrons. The first-order valence-corrected chi connectivity index (χ1v) is 11.0. The number of nitrogens with one attached hydrogen (secondary N) is 2. The van der Waals surface area contributed by atoms with Crippen molar-refractivity contribution in [1.29, 1.82) is 0 Å². The number of ether oxygens (including phenoxy) is 3. The van der Waals surface area contributed by atoms with Crippen LogP contribution in [-0.2, 0) is 27.2 Å². The highest BCUT2D eigenvalue weighted by molar-refractivity contribution is 7.17. The molecule has 0 spiro atoms. The minimum Gasteiger partial charge on any atom is -0.497 e. The lowest BCUT2D eigenvalue weighted by atomic mass is 9.95. The zero-order chi connectivity index (χ0) is 24.0. The van der Waals surface area contributed by atoms with Gasteiger partial charge in [-0.3, -0.25) is 19.2 Å². The third kappa shape index (κ3) is 6.01. The zero-order valence-corrected chi connectivity index (χ0v) is 19.1. The van der Waals surface area contributed by atoms with Crippen LogP contribution in [0, 0.1) is 0 Å². The Morgan fingerprint density at radius 3 is 2.33 bits per heavy atom. The molecule has 0 bridgehead atoms. The molecule has 1 aliphatic rings. The molecule has 0 unspecified atom stereocenters. The van der Waals surface area contributed by atoms with E-state index in [-0.39, 0.29) is 5.56 Å². The van der Waals surface area contributed by atoms with Gasteiger partial charge in [0.25, 0.3) is 17.7 Å². The maximum absolute atomic E-state index is 12.3. The van der Waals surface area contributed by atoms with E-state index in [0.717, 1.165) is 36.1 Å². The van der Waals surface area contributed by atoms with Gasteiger partial charge >= 0.3 is 5.97 Å². The summed E-state index contributed by atoms with van der Waals surface area (Å²) in [5, 5.41) is 5.39. The fourth-order valence-electron chi connectivity index (χ4n) is 3.47. The highest BCUT2D eigenvalue weighted by Gasteiger charge is 2.25. The van der Waals surface area contributed by atoms with E-state index >= 15 is 0 Å². The van der Waals surface area contributed by atoms with Crippen molar-refractivity contribution in [3.63, 3.8) is 0 Å². The molecule has 1 aromatic carbocycles. The van der Waals surface area contributed by atoms with Crippen LogP contribution in [0.4, 0.5) is 5.00 Å². The average Bonchev–Trinajstić information content (AvgIpc) is 3.18. The molecule has 1 aliphatic carbocycles. The maximum atomic E-state index is 12.3. The van der Waals surface area contributed by atoms with Crippen molar-refractivity contribution in [2.24, 2.45) is 5.73 Å². The van der Waals surface area contributed by atoms with Gasteiger partial charge in [-0.2, -0.15) is 0 Å². The number of thiophene rings is 1. The van der Waals surface area contributed by atoms with Gasteiger partial charge in [-0.15, -0.1) is 11.3 Å². The summed E-state index contributed by atoms with van der Waals surface area (Å²) in [6.07, 6.45) is 3.56. The fraction of sp³-hybridized carbons (Fsp3) is 0.364. The molecule has 11 heteroatoms. The van der Waals surface area contributed by atoms with Crippen molar-refractivity contribution >= 4 is 40.0 Å². The van der Waals surface area contributed by atoms with Gasteiger partial charge in [0.2, 0.25) is 0 Å². The standard InChI is InChI=1S/C22H25N3O7S/c1-30-13-7-12(8-14(9-13)31-2)21(29)24-10-18(27)32-11-17(26)25-22-19(20(23)28)15-5-3-4-6-16(15)33-22/h7-9H,3-6,10-11H2,1-2H3,(H2,23,28)(H,24,29)(H,25,26). The van der Waals surface area contributed by atoms with Crippen LogP contribution in [0.2, 0.25) is 0 Å². The van der Waals surface area contributed by atoms with Gasteiger partial charge < -0.3 is 30.6 Å². The topological polar surface area (TPSA) is 146 Å². The van der Waals surface area contributed by atoms with Gasteiger partial charge in [0, 0.05) is 16.5 Å². The van der Waals surface area contributed by atoms with Gasteiger partial charge in [0.1, 0.15) is 23.0 Å². The summed E-state index contributed by atoms with van der Waals surface area (Å²) in [7, 11) is 2.91. The molecule has 33 heavy (non-hydrogen) atoms. The molecule has 4 N–H and O–H groups in total. The molecule has 3 rings (SSSR count). The lowest BCUT2D eigenvalue weighted by Gasteiger charge is -2.11. The minimum absolute atomic E-state index is 0.234. The molecule has 10 nitrogen and oxygen atoms in total. The number of methoxy groups -OCH3 is 2. The highest BCUT2D eigenvalue weighted by atomic mass is 32.1. The molecule has 0 aliphatic heterocycles. The van der Waals surface area contributed by atoms with Crippen LogP contribution >= 0.6 is 11.3 Å². The van der Waals surface area contributed by atoms with Gasteiger partial charge in [-0.1, -0.05) is 0 Å². The lowest BCUT2D eigenvalue weighted by molar-refractivity contribution is -0.146. The van der Waals surface area contributed by atoms with E-state index < -0.39 is 36.8 Å². The number of aryl methyl sites for hydroxylation is 1. The second-order valence-corrected chi connectivity index (χ2v) is 8.38. The SMILES string of the molecule is COc1cc(OC)cc(C(=O)NCC(=O)OCC(=O)Nc2sc3c(c2C(N)=O)CCCC3)c1. The molecular weight excluding hydrogens is 450 g/mol. The molecule has 1 heterocycles. The molecule has 3 amide bonds. The number of carbonyl (C=O) groups is 4. The van der Waals surface area contributed by atoms with Crippen molar-refractivity contribution in [2.45, 2.75) is 25.7 Å². The van der Waals surface area contributed by atoms with E-state index in [1.54, 1.807) is 6.07 Å². The van der Waals surface area contributed by atoms with Crippen LogP contribution in [0.1, 0.15) is 44.0 Å². The van der Waals surface area contributed by atoms with Crippen LogP contribution in [0.5, 0.6) is 11.5 Å². The summed E-state index contributed by atoms with van der Waals surface area (Å²) < 4.78 is 15.2. The number of carbonyl (C=O) groups excluding carboxylic acids is 4. The number of nitrogens with two attached hydrogens (primary N) is 1. The number of primary amides is 1. The Morgan fingerprint density at radius 2 is 1.70 bits per heavy atom. The number of amides is 3. The van der Waals surface area contributed by atoms with E-state index in [1.165, 1.54) is 37.7 Å². The Hall–Kier alpha value is -3.60. The van der Waals surface area contributed by atoms with Gasteiger partial charge in [-0.25, -0.2) is 0 Å². The summed E-state index contributed by atoms with van der Waals surface area (Å²) in [6.45, 7) is -1.01. The predicted octanol–water partition coefficient (Wildman–Crippen LogP) is 1.65. The monoisotopic (exact) mass is 475 g/mol. The predicted molar refractivity (Wildman–Crippen MR) is 121 cm³/mol. The van der Waals surface area contributed by atoms with E-state index in [1.807, 2.05) is 0 Å². The highest BCUT2D eigenvalue weighted by Crippen LogP contribution is 2.37. The molecule has 2 aromatic rings. The van der Waals surface area contributed by atoms with Crippen LogP contribution in [0.15, 0.2) is 18.2 Å². The number of anilines is 1. The first kappa shape index (κ1) is 24.1. The molecule has 0 atom stereocenters. The number of fused-ring (bicyclic) bond motifs is 1. The summed E-state index contributed by atoms with van der Waals surface area (Å²) in [5.41, 5.74) is 6.96. The van der Waals surface area contributed by atoms with E-state index in [2.05, 4.69) is 10.6 Å². The minimum atomic E-state index is -0.797. The summed E-state index contributed by atoms with van der Waals surface area (Å²) in [4.78, 5) is 49.5. The number of esters is 1. The lowest BCUT2D eigenvalue weighted by Crippen LogP contribution is -2.32. The van der Waals surface area contributed by atoms with Crippen molar-refractivity contribution in [2.75, 3.05) is 32.7 Å². The second kappa shape index (κ2) is 10.8. The summed E-state index contributed by atoms with van der Waals surface area (Å²) in [6, 6.07) is 4.60. The normalized spacial score (nSPS) is 12.3. The van der Waals surface area contributed by atoms with Gasteiger partial charge in [0.15, 0.2) is 6.61 Å². The van der Waals surface area contributed by atoms with Crippen LogP contribution in [0.25, 0.3) is 0 Å². The average molecular weight is 476 g/mol. The molecule has 0 saturated carbocycles. The number of benzene rings is 1. The molecule has 0 saturated heterocycles. The Bertz CT molecular complexity index is 1060. The molecule has 1 aromatic heterocycles. The second-order valence-electron chi connectivity index (χ2n) is 7.27. The van der Waals surface area contributed by atoms with Crippen molar-refractivity contribution in [3.8, 4) is 11.5 Å². The van der Waals surface area contributed by atoms with Crippen molar-refractivity contribution < 1.29 is 33.4 Å². The third-order valence-corrected chi connectivity index (χ3v) is 6.25. The quantitative estimate of drug-likeness (QED) is 0.468. The Balaban J connectivity index is 1.51. The molecule has 0 fully saturated rings. The van der Waals surface area contributed by atoms with Crippen LogP contribution in [0.3, 0.4) is 0 Å². The first-order chi connectivity index (χ1) is 15.8. The Labute approximate surface area is 194 Å². The zero-order valence-electron chi connectivity index (χ0n) is 18.3. The van der Waals surface area contributed by atoms with Crippen LogP contribution in [-0.4, -0.2) is 51.1 Å². The summed E-state index contributed by atoms with van der Waals surface area (Å²) >= 11 is 1.32. The maximum Gasteiger partial charge on any atom is 0.325 e. The number of rotatable bonds is 9. The largest absolute Gasteiger partial charge is 0.497 e. The number of hydrogen-bond acceptors (Lipinski definition) is 8. The van der Waals surface area contributed by atoms with Crippen molar-refractivity contribution in [3.05, 3.63) is 39.8 Å². The van der Waals surface area contributed by atoms with Gasteiger partial charge in [0.05, 0.1) is 19.8 Å². The fourth-order valence-corrected chi connectivity index (χ4v) is 4.78. The number of hydrogen-bond donors (Lipinski definition) is 3.